The number of pyridine rings is 2. The first-order valence-electron chi connectivity index (χ1n) is 33.0. The summed E-state index contributed by atoms with van der Waals surface area (Å²) in [6.45, 7) is 0. The summed E-state index contributed by atoms with van der Waals surface area (Å²) in [7, 11) is 0. The smallest absolute Gasteiger partial charge is 0.181 e. The molecule has 504 valence electrons. The summed E-state index contributed by atoms with van der Waals surface area (Å²) in [5, 5.41) is 29.7. The lowest BCUT2D eigenvalue weighted by molar-refractivity contribution is 0.456. The molecule has 0 unspecified atom stereocenters. The number of oxazole rings is 1. The van der Waals surface area contributed by atoms with Crippen LogP contribution in [0.15, 0.2) is 404 Å². The van der Waals surface area contributed by atoms with Crippen molar-refractivity contribution in [2.45, 2.75) is 0 Å². The fourth-order valence-electron chi connectivity index (χ4n) is 10.1. The van der Waals surface area contributed by atoms with Crippen molar-refractivity contribution in [1.82, 2.24) is 75.4 Å². The Labute approximate surface area is 596 Å². The maximum absolute atomic E-state index is 5.12. The van der Waals surface area contributed by atoms with Crippen molar-refractivity contribution >= 4 is 120 Å². The van der Waals surface area contributed by atoms with Crippen molar-refractivity contribution < 1.29 is 13.4 Å². The first kappa shape index (κ1) is 69.1. The predicted molar refractivity (Wildman–Crippen MR) is 417 cm³/mol. The number of hydrogen-bond acceptors (Lipinski definition) is 15. The van der Waals surface area contributed by atoms with E-state index in [9.17, 15) is 0 Å². The molecule has 0 amide bonds. The van der Waals surface area contributed by atoms with Crippen LogP contribution in [0.3, 0.4) is 0 Å². The molecule has 18 heteroatoms. The van der Waals surface area contributed by atoms with Crippen molar-refractivity contribution in [1.29, 1.82) is 0 Å². The highest BCUT2D eigenvalue weighted by Gasteiger charge is 1.97. The first-order valence-corrected chi connectivity index (χ1v) is 33.0. The molecule has 3 N–H and O–H groups in total. The number of imidazole rings is 1. The molecule has 0 aliphatic heterocycles. The van der Waals surface area contributed by atoms with Crippen LogP contribution in [-0.2, 0) is 0 Å². The Morgan fingerprint density at radius 3 is 1.42 bits per heavy atom. The molecular weight excluding hydrogens is 1290 g/mol. The second-order valence-corrected chi connectivity index (χ2v) is 22.3. The maximum Gasteiger partial charge on any atom is 0.181 e. The van der Waals surface area contributed by atoms with Gasteiger partial charge < -0.3 is 23.3 Å². The van der Waals surface area contributed by atoms with Crippen molar-refractivity contribution in [3.8, 4) is 0 Å². The summed E-state index contributed by atoms with van der Waals surface area (Å²) < 4.78 is 15.0. The molecule has 0 saturated carbocycles. The third-order valence-corrected chi connectivity index (χ3v) is 15.3. The summed E-state index contributed by atoms with van der Waals surface area (Å²) in [6, 6.07) is 99.5. The topological polar surface area (TPSA) is 241 Å². The summed E-state index contributed by atoms with van der Waals surface area (Å²) in [5.41, 5.74) is 12.0. The number of hydrogen-bond donors (Lipinski definition) is 3. The number of nitrogens with one attached hydrogen (secondary N) is 3. The molecular formula is C86H67N15O3. The number of H-pyrrole nitrogens is 3. The number of fused-ring (bicyclic) bond motifs is 11. The van der Waals surface area contributed by atoms with Crippen LogP contribution < -0.4 is 0 Å². The first-order chi connectivity index (χ1) is 51.6. The predicted octanol–water partition coefficient (Wildman–Crippen LogP) is 20.7. The third-order valence-electron chi connectivity index (χ3n) is 15.3. The highest BCUT2D eigenvalue weighted by molar-refractivity contribution is 5.83. The van der Waals surface area contributed by atoms with Crippen LogP contribution in [-0.4, -0.2) is 75.4 Å². The van der Waals surface area contributed by atoms with E-state index in [-0.39, 0.29) is 0 Å². The van der Waals surface area contributed by atoms with Crippen LogP contribution in [0.25, 0.3) is 120 Å². The molecule has 0 radical (unpaired) electrons. The zero-order valence-electron chi connectivity index (χ0n) is 56.0. The largest absolute Gasteiger partial charge is 0.464 e. The zero-order valence-corrected chi connectivity index (χ0v) is 56.0. The highest BCUT2D eigenvalue weighted by Crippen LogP contribution is 2.17. The van der Waals surface area contributed by atoms with Crippen LogP contribution in [0.1, 0.15) is 0 Å². The van der Waals surface area contributed by atoms with Crippen LogP contribution in [0.5, 0.6) is 0 Å². The Morgan fingerprint density at radius 1 is 0.269 bits per heavy atom. The summed E-state index contributed by atoms with van der Waals surface area (Å²) >= 11 is 0. The van der Waals surface area contributed by atoms with Gasteiger partial charge in [0.1, 0.15) is 23.8 Å². The van der Waals surface area contributed by atoms with Crippen LogP contribution >= 0.6 is 0 Å². The molecule has 0 saturated heterocycles. The zero-order chi connectivity index (χ0) is 70.7. The minimum absolute atomic E-state index is 0.845. The number of aromatic amines is 3. The van der Waals surface area contributed by atoms with Gasteiger partial charge in [-0.05, 0) is 125 Å². The molecule has 0 spiro atoms. The Balaban J connectivity index is 0.000000108. The molecule has 11 heterocycles. The standard InChI is InChI=1S/2C9H7N.3C8H6N2.C8H7N.C8H6O.2C7H6N2.2C7H5NO/c1-2-6-9-8(4-1)5-3-7-10-9;1-2-4-9-7-10-6-5-8(9)3-1;2*1-2-4-8-7(3-1)5-9-6-10-8;1-2-4-8-7(3-1)5-6-9-10-8;2*1-2-4-8-7(3-1)5-6-9-8;1-2-4-7-6(3-1)8-5-9-7;1-2-4-7-6(3-1)5-8-9-7;1-2-4-7-6(3-1)8-5-9-7;1-2-4-7-6(3-1)5-8-9-7/h2*1-7H;3*1-6H;1-6,9H;1-6H;2*1-5H,(H,8,9);2*1-5H. The SMILES string of the molecule is c1ccc2[nH]ccc2c1.c1ccc2[nH]cnc2c1.c1ccc2[nH]ncc2c1.c1ccc2cnccc2c1.c1ccc2ncccc2c1.c1ccc2ncncc2c1.c1ccc2ncncc2c1.c1ccc2nnccc2c1.c1ccc2occc2c1.c1ccc2ocnc2c1.c1ccc2oncc2c1. The van der Waals surface area contributed by atoms with E-state index in [1.54, 1.807) is 37.6 Å². The minimum atomic E-state index is 0.845. The van der Waals surface area contributed by atoms with Gasteiger partial charge >= 0.3 is 0 Å². The van der Waals surface area contributed by atoms with Gasteiger partial charge in [-0.2, -0.15) is 15.3 Å². The van der Waals surface area contributed by atoms with Crippen molar-refractivity contribution in [3.05, 3.63) is 391 Å². The minimum Gasteiger partial charge on any atom is -0.464 e. The van der Waals surface area contributed by atoms with Gasteiger partial charge in [-0.3, -0.25) is 15.1 Å². The number of furan rings is 1. The van der Waals surface area contributed by atoms with E-state index >= 15 is 0 Å². The molecule has 22 aromatic rings. The number of rotatable bonds is 0. The van der Waals surface area contributed by atoms with Crippen molar-refractivity contribution in [2.75, 3.05) is 0 Å². The molecule has 104 heavy (non-hydrogen) atoms. The molecule has 11 aromatic heterocycles. The lowest BCUT2D eigenvalue weighted by Crippen LogP contribution is -1.79. The van der Waals surface area contributed by atoms with Crippen LogP contribution in [0.2, 0.25) is 0 Å². The van der Waals surface area contributed by atoms with E-state index < -0.39 is 0 Å². The maximum atomic E-state index is 5.12. The van der Waals surface area contributed by atoms with Crippen molar-refractivity contribution in [2.24, 2.45) is 0 Å². The second-order valence-electron chi connectivity index (χ2n) is 22.3. The lowest BCUT2D eigenvalue weighted by Gasteiger charge is -1.91. The molecule has 11 aromatic carbocycles. The average molecular weight is 1360 g/mol. The van der Waals surface area contributed by atoms with Gasteiger partial charge in [0, 0.05) is 80.4 Å². The normalized spacial score (nSPS) is 10.1. The summed E-state index contributed by atoms with van der Waals surface area (Å²) in [6.07, 6.45) is 24.2. The van der Waals surface area contributed by atoms with Gasteiger partial charge in [0.2, 0.25) is 0 Å². The number of aromatic nitrogens is 15. The Morgan fingerprint density at radius 2 is 0.788 bits per heavy atom. The average Bonchev–Trinajstić information content (AvgIpc) is 2.01. The van der Waals surface area contributed by atoms with Gasteiger partial charge in [0.25, 0.3) is 0 Å². The quantitative estimate of drug-likeness (QED) is 0.128. The van der Waals surface area contributed by atoms with E-state index in [4.69, 9.17) is 13.4 Å². The number of para-hydroxylation sites is 11. The highest BCUT2D eigenvalue weighted by atomic mass is 16.5. The van der Waals surface area contributed by atoms with Gasteiger partial charge in [-0.15, -0.1) is 0 Å². The fraction of sp³-hybridized carbons (Fsp3) is 0. The van der Waals surface area contributed by atoms with E-state index in [0.717, 1.165) is 93.2 Å². The van der Waals surface area contributed by atoms with Gasteiger partial charge in [-0.25, -0.2) is 29.9 Å². The van der Waals surface area contributed by atoms with Gasteiger partial charge in [-0.1, -0.05) is 199 Å². The van der Waals surface area contributed by atoms with Crippen LogP contribution in [0.4, 0.5) is 0 Å². The number of nitrogens with zero attached hydrogens (tertiary/aromatic N) is 12. The van der Waals surface area contributed by atoms with Gasteiger partial charge in [0.05, 0.1) is 69.8 Å². The molecule has 0 fully saturated rings. The lowest BCUT2D eigenvalue weighted by atomic mass is 10.2. The van der Waals surface area contributed by atoms with E-state index in [0.29, 0.717) is 0 Å². The van der Waals surface area contributed by atoms with E-state index in [1.807, 2.05) is 304 Å². The monoisotopic (exact) mass is 1360 g/mol. The Bertz CT molecular complexity index is 4760. The Hall–Kier alpha value is -14.8. The molecule has 0 aliphatic carbocycles. The summed E-state index contributed by atoms with van der Waals surface area (Å²) in [4.78, 5) is 38.3. The molecule has 0 bridgehead atoms. The number of benzene rings is 11. The third kappa shape index (κ3) is 20.6. The second kappa shape index (κ2) is 37.8. The fourth-order valence-corrected chi connectivity index (χ4v) is 10.1. The van der Waals surface area contributed by atoms with Gasteiger partial charge in [0.15, 0.2) is 17.6 Å². The van der Waals surface area contributed by atoms with E-state index in [1.165, 1.54) is 33.5 Å². The molecule has 0 atom stereocenters. The summed E-state index contributed by atoms with van der Waals surface area (Å²) in [5.74, 6) is 0. The Kier molecular flexibility index (Phi) is 25.1. The molecule has 0 aliphatic rings. The van der Waals surface area contributed by atoms with Crippen LogP contribution in [0, 0.1) is 0 Å². The molecule has 18 nitrogen and oxygen atoms in total. The van der Waals surface area contributed by atoms with Crippen molar-refractivity contribution in [3.63, 3.8) is 0 Å². The van der Waals surface area contributed by atoms with E-state index in [2.05, 4.69) is 118 Å². The molecule has 22 rings (SSSR count).